The summed E-state index contributed by atoms with van der Waals surface area (Å²) in [6, 6.07) is 13.9. The largest absolute Gasteiger partial charge is 0.496 e. The van der Waals surface area contributed by atoms with Crippen LogP contribution in [0.3, 0.4) is 0 Å². The fourth-order valence-corrected chi connectivity index (χ4v) is 4.85. The second kappa shape index (κ2) is 10.2. The van der Waals surface area contributed by atoms with Gasteiger partial charge in [0, 0.05) is 42.0 Å². The lowest BCUT2D eigenvalue weighted by Crippen LogP contribution is -2.36. The number of ketones is 1. The van der Waals surface area contributed by atoms with E-state index in [9.17, 15) is 9.59 Å². The van der Waals surface area contributed by atoms with Crippen LogP contribution in [0, 0.1) is 5.82 Å². The molecule has 2 aromatic carbocycles. The van der Waals surface area contributed by atoms with Crippen molar-refractivity contribution in [3.8, 4) is 5.75 Å². The summed E-state index contributed by atoms with van der Waals surface area (Å²) in [7, 11) is 3.12. The number of rotatable bonds is 7. The average Bonchev–Trinajstić information content (AvgIpc) is 2.83. The Morgan fingerprint density at radius 1 is 1.03 bits per heavy atom. The number of methoxy groups -OCH3 is 2. The number of ether oxygens (including phenoxy) is 3. The quantitative estimate of drug-likeness (QED) is 0.483. The highest BCUT2D eigenvalue weighted by molar-refractivity contribution is 6.04. The minimum Gasteiger partial charge on any atom is -0.496 e. The molecule has 4 rings (SSSR count). The summed E-state index contributed by atoms with van der Waals surface area (Å²) in [5.41, 5.74) is 3.12. The van der Waals surface area contributed by atoms with Crippen molar-refractivity contribution in [1.29, 1.82) is 0 Å². The van der Waals surface area contributed by atoms with Gasteiger partial charge in [0.15, 0.2) is 5.78 Å². The summed E-state index contributed by atoms with van der Waals surface area (Å²) in [5, 5.41) is 3.27. The van der Waals surface area contributed by atoms with Crippen molar-refractivity contribution < 1.29 is 28.2 Å². The number of allylic oxidation sites excluding steroid dienone is 3. The second-order valence-corrected chi connectivity index (χ2v) is 8.41. The van der Waals surface area contributed by atoms with Crippen molar-refractivity contribution in [2.45, 2.75) is 31.6 Å². The lowest BCUT2D eigenvalue weighted by Gasteiger charge is -2.37. The van der Waals surface area contributed by atoms with E-state index in [0.29, 0.717) is 23.4 Å². The lowest BCUT2D eigenvalue weighted by atomic mass is 9.71. The summed E-state index contributed by atoms with van der Waals surface area (Å²) < 4.78 is 30.9. The third kappa shape index (κ3) is 4.48. The zero-order valence-corrected chi connectivity index (χ0v) is 19.5. The predicted octanol–water partition coefficient (Wildman–Crippen LogP) is 4.39. The SMILES string of the molecule is COCCOC(=O)C1=C(C)NC2=C(C(=O)C[C@H](c3ccccc3OC)C2)[C@H]1c1ccccc1F. The van der Waals surface area contributed by atoms with Crippen molar-refractivity contribution in [3.63, 3.8) is 0 Å². The van der Waals surface area contributed by atoms with Crippen molar-refractivity contribution in [3.05, 3.63) is 88.0 Å². The molecule has 2 aliphatic rings. The third-order valence-electron chi connectivity index (χ3n) is 6.36. The fraction of sp³-hybridized carbons (Fsp3) is 0.333. The smallest absolute Gasteiger partial charge is 0.336 e. The topological polar surface area (TPSA) is 73.9 Å². The number of Topliss-reactive ketones (excluding diaryl/α,β-unsaturated/α-hetero) is 1. The molecule has 2 atom stereocenters. The maximum Gasteiger partial charge on any atom is 0.336 e. The Morgan fingerprint density at radius 3 is 2.44 bits per heavy atom. The second-order valence-electron chi connectivity index (χ2n) is 8.41. The van der Waals surface area contributed by atoms with Gasteiger partial charge in [0.2, 0.25) is 0 Å². The standard InChI is InChI=1S/C27H28FNO5/c1-16-24(27(31)34-13-12-32-2)25(19-9-4-6-10-20(19)28)26-21(29-16)14-17(15-22(26)30)18-8-5-7-11-23(18)33-3/h4-11,17,25,29H,12-15H2,1-3H3/t17-,25+/m1/s1. The van der Waals surface area contributed by atoms with E-state index in [1.807, 2.05) is 24.3 Å². The molecule has 0 fully saturated rings. The number of nitrogens with one attached hydrogen (secondary N) is 1. The van der Waals surface area contributed by atoms with E-state index in [2.05, 4.69) is 5.32 Å². The molecule has 6 nitrogen and oxygen atoms in total. The van der Waals surface area contributed by atoms with Crippen molar-refractivity contribution in [2.24, 2.45) is 0 Å². The Bertz CT molecular complexity index is 1170. The van der Waals surface area contributed by atoms with E-state index in [-0.39, 0.29) is 42.5 Å². The Morgan fingerprint density at radius 2 is 1.74 bits per heavy atom. The number of benzene rings is 2. The Labute approximate surface area is 198 Å². The van der Waals surface area contributed by atoms with Gasteiger partial charge in [0.1, 0.15) is 18.2 Å². The van der Waals surface area contributed by atoms with Gasteiger partial charge in [-0.25, -0.2) is 9.18 Å². The maximum absolute atomic E-state index is 15.0. The van der Waals surface area contributed by atoms with E-state index in [1.165, 1.54) is 13.2 Å². The summed E-state index contributed by atoms with van der Waals surface area (Å²) in [6.07, 6.45) is 0.770. The summed E-state index contributed by atoms with van der Waals surface area (Å²) in [6.45, 7) is 2.05. The van der Waals surface area contributed by atoms with Gasteiger partial charge in [-0.2, -0.15) is 0 Å². The number of halogens is 1. The Balaban J connectivity index is 1.77. The fourth-order valence-electron chi connectivity index (χ4n) is 4.85. The van der Waals surface area contributed by atoms with Gasteiger partial charge >= 0.3 is 5.97 Å². The molecule has 0 spiro atoms. The van der Waals surface area contributed by atoms with Crippen LogP contribution >= 0.6 is 0 Å². The number of hydrogen-bond donors (Lipinski definition) is 1. The number of esters is 1. The molecule has 0 radical (unpaired) electrons. The third-order valence-corrected chi connectivity index (χ3v) is 6.36. The zero-order chi connectivity index (χ0) is 24.2. The van der Waals surface area contributed by atoms with Crippen LogP contribution in [0.4, 0.5) is 4.39 Å². The average molecular weight is 466 g/mol. The van der Waals surface area contributed by atoms with Crippen molar-refractivity contribution >= 4 is 11.8 Å². The molecule has 7 heteroatoms. The van der Waals surface area contributed by atoms with Gasteiger partial charge in [0.25, 0.3) is 0 Å². The first-order chi connectivity index (χ1) is 16.5. The van der Waals surface area contributed by atoms with E-state index in [0.717, 1.165) is 11.3 Å². The van der Waals surface area contributed by atoms with Crippen LogP contribution < -0.4 is 10.1 Å². The van der Waals surface area contributed by atoms with Crippen molar-refractivity contribution in [1.82, 2.24) is 5.32 Å². The summed E-state index contributed by atoms with van der Waals surface area (Å²) in [4.78, 5) is 26.7. The first-order valence-corrected chi connectivity index (χ1v) is 11.2. The minimum absolute atomic E-state index is 0.0613. The van der Waals surface area contributed by atoms with Gasteiger partial charge in [-0.05, 0) is 31.0 Å². The van der Waals surface area contributed by atoms with Gasteiger partial charge in [-0.3, -0.25) is 4.79 Å². The zero-order valence-electron chi connectivity index (χ0n) is 19.5. The lowest BCUT2D eigenvalue weighted by molar-refractivity contribution is -0.140. The molecule has 0 unspecified atom stereocenters. The van der Waals surface area contributed by atoms with Crippen LogP contribution in [-0.4, -0.2) is 39.2 Å². The minimum atomic E-state index is -0.849. The summed E-state index contributed by atoms with van der Waals surface area (Å²) >= 11 is 0. The first-order valence-electron chi connectivity index (χ1n) is 11.2. The number of carbonyl (C=O) groups is 2. The molecule has 1 N–H and O–H groups in total. The van der Waals surface area contributed by atoms with E-state index < -0.39 is 17.7 Å². The molecule has 0 saturated heterocycles. The number of para-hydroxylation sites is 1. The number of hydrogen-bond acceptors (Lipinski definition) is 6. The molecule has 0 bridgehead atoms. The first kappa shape index (κ1) is 23.7. The molecule has 0 amide bonds. The van der Waals surface area contributed by atoms with Gasteiger partial charge < -0.3 is 19.5 Å². The van der Waals surface area contributed by atoms with E-state index in [1.54, 1.807) is 32.2 Å². The van der Waals surface area contributed by atoms with Crippen LogP contribution in [-0.2, 0) is 19.1 Å². The molecule has 1 heterocycles. The molecular weight excluding hydrogens is 437 g/mol. The van der Waals surface area contributed by atoms with E-state index >= 15 is 4.39 Å². The Hall–Kier alpha value is -3.45. The molecule has 2 aromatic rings. The van der Waals surface area contributed by atoms with Gasteiger partial charge in [-0.15, -0.1) is 0 Å². The predicted molar refractivity (Wildman–Crippen MR) is 125 cm³/mol. The van der Waals surface area contributed by atoms with Crippen LogP contribution in [0.5, 0.6) is 5.75 Å². The number of dihydropyridines is 1. The molecular formula is C27H28FNO5. The van der Waals surface area contributed by atoms with Crippen LogP contribution in [0.25, 0.3) is 0 Å². The van der Waals surface area contributed by atoms with E-state index in [4.69, 9.17) is 14.2 Å². The van der Waals surface area contributed by atoms with Crippen LogP contribution in [0.15, 0.2) is 71.1 Å². The molecule has 178 valence electrons. The van der Waals surface area contributed by atoms with Gasteiger partial charge in [-0.1, -0.05) is 36.4 Å². The molecule has 0 aromatic heterocycles. The number of carbonyl (C=O) groups excluding carboxylic acids is 2. The molecule has 0 saturated carbocycles. The van der Waals surface area contributed by atoms with Crippen molar-refractivity contribution in [2.75, 3.05) is 27.4 Å². The van der Waals surface area contributed by atoms with Crippen LogP contribution in [0.1, 0.15) is 42.7 Å². The maximum atomic E-state index is 15.0. The molecule has 1 aliphatic carbocycles. The van der Waals surface area contributed by atoms with Gasteiger partial charge in [0.05, 0.1) is 25.2 Å². The highest BCUT2D eigenvalue weighted by Gasteiger charge is 2.42. The highest BCUT2D eigenvalue weighted by atomic mass is 19.1. The monoisotopic (exact) mass is 465 g/mol. The summed E-state index contributed by atoms with van der Waals surface area (Å²) in [5.74, 6) is -1.43. The highest BCUT2D eigenvalue weighted by Crippen LogP contribution is 2.47. The molecule has 34 heavy (non-hydrogen) atoms. The van der Waals surface area contributed by atoms with Crippen LogP contribution in [0.2, 0.25) is 0 Å². The Kier molecular flexibility index (Phi) is 7.12. The molecule has 1 aliphatic heterocycles. The normalized spacial score (nSPS) is 20.1.